The van der Waals surface area contributed by atoms with E-state index in [9.17, 15) is 8.42 Å². The zero-order valence-corrected chi connectivity index (χ0v) is 13.1. The molecule has 1 atom stereocenters. The Morgan fingerprint density at radius 2 is 2.16 bits per heavy atom. The standard InChI is InChI=1S/C13H20N2O2S2/c1-13(2)6-11(8-18-9-13)15-10-4-5-12(14-7-10)19(3,16)17/h4-5,7,11,15H,6,8-9H2,1-3H3. The molecule has 1 unspecified atom stereocenters. The molecule has 0 aliphatic carbocycles. The number of pyridine rings is 1. The zero-order chi connectivity index (χ0) is 14.1. The summed E-state index contributed by atoms with van der Waals surface area (Å²) < 4.78 is 22.7. The Labute approximate surface area is 119 Å². The van der Waals surface area contributed by atoms with Gasteiger partial charge in [-0.25, -0.2) is 13.4 Å². The summed E-state index contributed by atoms with van der Waals surface area (Å²) in [5, 5.41) is 3.56. The predicted octanol–water partition coefficient (Wildman–Crippen LogP) is 2.43. The lowest BCUT2D eigenvalue weighted by Gasteiger charge is -2.35. The first kappa shape index (κ1) is 14.7. The van der Waals surface area contributed by atoms with Gasteiger partial charge in [-0.15, -0.1) is 0 Å². The Balaban J connectivity index is 2.04. The molecule has 1 fully saturated rings. The minimum atomic E-state index is -3.21. The molecule has 2 rings (SSSR count). The molecule has 0 saturated carbocycles. The van der Waals surface area contributed by atoms with Crippen molar-refractivity contribution in [2.75, 3.05) is 23.1 Å². The Bertz CT molecular complexity index is 538. The molecule has 0 radical (unpaired) electrons. The molecule has 1 N–H and O–H groups in total. The second-order valence-electron chi connectivity index (χ2n) is 5.88. The number of anilines is 1. The van der Waals surface area contributed by atoms with Crippen LogP contribution in [0.5, 0.6) is 0 Å². The molecule has 6 heteroatoms. The highest BCUT2D eigenvalue weighted by molar-refractivity contribution is 7.99. The van der Waals surface area contributed by atoms with Gasteiger partial charge in [-0.2, -0.15) is 11.8 Å². The average Bonchev–Trinajstić information content (AvgIpc) is 2.27. The fourth-order valence-electron chi connectivity index (χ4n) is 2.28. The number of hydrogen-bond donors (Lipinski definition) is 1. The van der Waals surface area contributed by atoms with E-state index in [1.54, 1.807) is 18.3 Å². The lowest BCUT2D eigenvalue weighted by atomic mass is 9.88. The van der Waals surface area contributed by atoms with Crippen LogP contribution in [-0.4, -0.2) is 37.2 Å². The second-order valence-corrected chi connectivity index (χ2v) is 8.87. The molecule has 1 aliphatic rings. The molecule has 0 amide bonds. The van der Waals surface area contributed by atoms with E-state index in [0.29, 0.717) is 11.5 Å². The van der Waals surface area contributed by atoms with Crippen molar-refractivity contribution in [2.24, 2.45) is 5.41 Å². The molecular formula is C13H20N2O2S2. The molecular weight excluding hydrogens is 280 g/mol. The second kappa shape index (κ2) is 5.32. The first-order valence-electron chi connectivity index (χ1n) is 6.27. The number of rotatable bonds is 3. The topological polar surface area (TPSA) is 59.1 Å². The van der Waals surface area contributed by atoms with Gasteiger partial charge in [0.1, 0.15) is 0 Å². The smallest absolute Gasteiger partial charge is 0.192 e. The highest BCUT2D eigenvalue weighted by Gasteiger charge is 2.28. The van der Waals surface area contributed by atoms with Gasteiger partial charge in [-0.3, -0.25) is 0 Å². The Hall–Kier alpha value is -0.750. The molecule has 1 aliphatic heterocycles. The van der Waals surface area contributed by atoms with Crippen molar-refractivity contribution in [3.8, 4) is 0 Å². The van der Waals surface area contributed by atoms with Crippen LogP contribution in [0.2, 0.25) is 0 Å². The van der Waals surface area contributed by atoms with Crippen LogP contribution in [0.1, 0.15) is 20.3 Å². The highest BCUT2D eigenvalue weighted by atomic mass is 32.2. The van der Waals surface area contributed by atoms with Gasteiger partial charge in [0.25, 0.3) is 0 Å². The maximum absolute atomic E-state index is 11.3. The number of nitrogens with zero attached hydrogens (tertiary/aromatic N) is 1. The zero-order valence-electron chi connectivity index (χ0n) is 11.5. The summed E-state index contributed by atoms with van der Waals surface area (Å²) in [5.41, 5.74) is 1.23. The van der Waals surface area contributed by atoms with Crippen LogP contribution in [0.25, 0.3) is 0 Å². The summed E-state index contributed by atoms with van der Waals surface area (Å²) in [5.74, 6) is 2.27. The van der Waals surface area contributed by atoms with Crippen LogP contribution in [-0.2, 0) is 9.84 Å². The van der Waals surface area contributed by atoms with Gasteiger partial charge in [0.15, 0.2) is 14.9 Å². The summed E-state index contributed by atoms with van der Waals surface area (Å²) in [6.45, 7) is 4.55. The van der Waals surface area contributed by atoms with Gasteiger partial charge >= 0.3 is 0 Å². The Morgan fingerprint density at radius 1 is 1.42 bits per heavy atom. The van der Waals surface area contributed by atoms with E-state index in [4.69, 9.17) is 0 Å². The lowest BCUT2D eigenvalue weighted by Crippen LogP contribution is -2.35. The SMILES string of the molecule is CC1(C)CSCC(Nc2ccc(S(C)(=O)=O)nc2)C1. The minimum Gasteiger partial charge on any atom is -0.380 e. The molecule has 0 spiro atoms. The van der Waals surface area contributed by atoms with Crippen molar-refractivity contribution >= 4 is 27.3 Å². The van der Waals surface area contributed by atoms with Crippen molar-refractivity contribution in [1.29, 1.82) is 0 Å². The van der Waals surface area contributed by atoms with Crippen molar-refractivity contribution in [3.05, 3.63) is 18.3 Å². The monoisotopic (exact) mass is 300 g/mol. The first-order valence-corrected chi connectivity index (χ1v) is 9.31. The van der Waals surface area contributed by atoms with Crippen LogP contribution in [0.4, 0.5) is 5.69 Å². The maximum Gasteiger partial charge on any atom is 0.192 e. The van der Waals surface area contributed by atoms with E-state index in [0.717, 1.165) is 17.9 Å². The van der Waals surface area contributed by atoms with Crippen molar-refractivity contribution in [3.63, 3.8) is 0 Å². The molecule has 1 saturated heterocycles. The van der Waals surface area contributed by atoms with Gasteiger partial charge < -0.3 is 5.32 Å². The summed E-state index contributed by atoms with van der Waals surface area (Å²) in [7, 11) is -3.21. The third-order valence-corrected chi connectivity index (χ3v) is 5.72. The number of nitrogens with one attached hydrogen (secondary N) is 1. The summed E-state index contributed by atoms with van der Waals surface area (Å²) in [6.07, 6.45) is 3.89. The molecule has 106 valence electrons. The Kier molecular flexibility index (Phi) is 4.11. The van der Waals surface area contributed by atoms with E-state index in [1.165, 1.54) is 12.0 Å². The largest absolute Gasteiger partial charge is 0.380 e. The fourth-order valence-corrected chi connectivity index (χ4v) is 4.11. The van der Waals surface area contributed by atoms with Gasteiger partial charge in [0.05, 0.1) is 11.9 Å². The molecule has 19 heavy (non-hydrogen) atoms. The minimum absolute atomic E-state index is 0.122. The normalized spacial score (nSPS) is 23.0. The van der Waals surface area contributed by atoms with Crippen LogP contribution in [0, 0.1) is 5.41 Å². The number of aromatic nitrogens is 1. The first-order chi connectivity index (χ1) is 8.76. The van der Waals surface area contributed by atoms with E-state index < -0.39 is 9.84 Å². The third kappa shape index (κ3) is 4.11. The molecule has 4 nitrogen and oxygen atoms in total. The number of hydrogen-bond acceptors (Lipinski definition) is 5. The maximum atomic E-state index is 11.3. The van der Waals surface area contributed by atoms with E-state index in [-0.39, 0.29) is 5.03 Å². The van der Waals surface area contributed by atoms with E-state index >= 15 is 0 Å². The van der Waals surface area contributed by atoms with Crippen LogP contribution < -0.4 is 5.32 Å². The van der Waals surface area contributed by atoms with Gasteiger partial charge in [-0.1, -0.05) is 13.8 Å². The van der Waals surface area contributed by atoms with Gasteiger partial charge in [-0.05, 0) is 29.7 Å². The van der Waals surface area contributed by atoms with Crippen LogP contribution in [0.15, 0.2) is 23.4 Å². The average molecular weight is 300 g/mol. The van der Waals surface area contributed by atoms with Gasteiger partial charge in [0, 0.05) is 18.1 Å². The summed E-state index contributed by atoms with van der Waals surface area (Å²) >= 11 is 1.96. The van der Waals surface area contributed by atoms with Crippen molar-refractivity contribution in [2.45, 2.75) is 31.3 Å². The molecule has 1 aromatic rings. The van der Waals surface area contributed by atoms with E-state index in [1.807, 2.05) is 11.8 Å². The lowest BCUT2D eigenvalue weighted by molar-refractivity contribution is 0.358. The predicted molar refractivity (Wildman–Crippen MR) is 80.5 cm³/mol. The highest BCUT2D eigenvalue weighted by Crippen LogP contribution is 2.34. The van der Waals surface area contributed by atoms with E-state index in [2.05, 4.69) is 24.1 Å². The molecule has 0 aromatic carbocycles. The number of sulfone groups is 1. The molecule has 0 bridgehead atoms. The van der Waals surface area contributed by atoms with Crippen molar-refractivity contribution in [1.82, 2.24) is 4.98 Å². The number of thioether (sulfide) groups is 1. The quantitative estimate of drug-likeness (QED) is 0.929. The molecule has 2 heterocycles. The summed E-state index contributed by atoms with van der Waals surface area (Å²) in [4.78, 5) is 3.99. The molecule has 1 aromatic heterocycles. The Morgan fingerprint density at radius 3 is 2.68 bits per heavy atom. The van der Waals surface area contributed by atoms with Crippen molar-refractivity contribution < 1.29 is 8.42 Å². The van der Waals surface area contributed by atoms with Crippen LogP contribution >= 0.6 is 11.8 Å². The van der Waals surface area contributed by atoms with Crippen LogP contribution in [0.3, 0.4) is 0 Å². The third-order valence-electron chi connectivity index (χ3n) is 3.10. The fraction of sp³-hybridized carbons (Fsp3) is 0.615. The summed E-state index contributed by atoms with van der Waals surface area (Å²) in [6, 6.07) is 3.76. The van der Waals surface area contributed by atoms with Gasteiger partial charge in [0.2, 0.25) is 0 Å².